The monoisotopic (exact) mass is 282 g/mol. The molecule has 3 atom stereocenters. The smallest absolute Gasteiger partial charge is 0.0616 e. The predicted molar refractivity (Wildman–Crippen MR) is 84.9 cm³/mol. The first kappa shape index (κ1) is 16.3. The van der Waals surface area contributed by atoms with Crippen molar-refractivity contribution in [1.82, 2.24) is 10.2 Å². The first-order chi connectivity index (χ1) is 9.74. The summed E-state index contributed by atoms with van der Waals surface area (Å²) in [6.45, 7) is 9.70. The van der Waals surface area contributed by atoms with E-state index in [1.807, 2.05) is 0 Å². The number of aliphatic hydroxyl groups is 1. The van der Waals surface area contributed by atoms with E-state index in [0.717, 1.165) is 25.3 Å². The molecule has 0 radical (unpaired) electrons. The molecule has 0 aromatic rings. The third kappa shape index (κ3) is 3.75. The van der Waals surface area contributed by atoms with E-state index in [-0.39, 0.29) is 5.54 Å². The third-order valence-electron chi connectivity index (χ3n) is 5.71. The molecule has 1 saturated carbocycles. The van der Waals surface area contributed by atoms with Gasteiger partial charge in [0.25, 0.3) is 0 Å². The lowest BCUT2D eigenvalue weighted by molar-refractivity contribution is 0.113. The second-order valence-electron chi connectivity index (χ2n) is 6.98. The summed E-state index contributed by atoms with van der Waals surface area (Å²) in [5.41, 5.74) is 0.0277. The SMILES string of the molecule is CCCNC1(CO)CCCC1CCN1CCC(CC)C1. The van der Waals surface area contributed by atoms with Crippen LogP contribution in [0.5, 0.6) is 0 Å². The Balaban J connectivity index is 1.81. The van der Waals surface area contributed by atoms with E-state index in [4.69, 9.17) is 0 Å². The predicted octanol–water partition coefficient (Wildman–Crippen LogP) is 2.64. The van der Waals surface area contributed by atoms with Crippen LogP contribution >= 0.6 is 0 Å². The minimum atomic E-state index is 0.0277. The quantitative estimate of drug-likeness (QED) is 0.718. The summed E-state index contributed by atoms with van der Waals surface area (Å²) in [4.78, 5) is 2.65. The minimum absolute atomic E-state index is 0.0277. The number of hydrogen-bond acceptors (Lipinski definition) is 3. The van der Waals surface area contributed by atoms with Crippen molar-refractivity contribution in [2.24, 2.45) is 11.8 Å². The Labute approximate surface area is 125 Å². The summed E-state index contributed by atoms with van der Waals surface area (Å²) in [6, 6.07) is 0. The average molecular weight is 282 g/mol. The molecule has 118 valence electrons. The van der Waals surface area contributed by atoms with E-state index in [2.05, 4.69) is 24.1 Å². The Morgan fingerprint density at radius 2 is 2.15 bits per heavy atom. The van der Waals surface area contributed by atoms with Crippen LogP contribution in [0.4, 0.5) is 0 Å². The van der Waals surface area contributed by atoms with Gasteiger partial charge in [0.2, 0.25) is 0 Å². The van der Waals surface area contributed by atoms with Crippen LogP contribution in [-0.2, 0) is 0 Å². The van der Waals surface area contributed by atoms with Gasteiger partial charge in [-0.2, -0.15) is 0 Å². The molecule has 0 spiro atoms. The highest BCUT2D eigenvalue weighted by molar-refractivity contribution is 4.99. The first-order valence-electron chi connectivity index (χ1n) is 8.82. The zero-order valence-corrected chi connectivity index (χ0v) is 13.5. The molecule has 3 nitrogen and oxygen atoms in total. The molecule has 2 rings (SSSR count). The molecule has 1 aliphatic carbocycles. The van der Waals surface area contributed by atoms with E-state index in [1.54, 1.807) is 0 Å². The number of rotatable bonds is 8. The van der Waals surface area contributed by atoms with Gasteiger partial charge in [-0.15, -0.1) is 0 Å². The van der Waals surface area contributed by atoms with Gasteiger partial charge >= 0.3 is 0 Å². The van der Waals surface area contributed by atoms with Gasteiger partial charge in [-0.05, 0) is 63.6 Å². The molecular formula is C17H34N2O. The molecule has 2 aliphatic rings. The van der Waals surface area contributed by atoms with Gasteiger partial charge < -0.3 is 15.3 Å². The Kier molecular flexibility index (Phi) is 6.31. The van der Waals surface area contributed by atoms with Crippen LogP contribution in [0.25, 0.3) is 0 Å². The highest BCUT2D eigenvalue weighted by Crippen LogP contribution is 2.38. The maximum Gasteiger partial charge on any atom is 0.0616 e. The number of nitrogens with one attached hydrogen (secondary N) is 1. The van der Waals surface area contributed by atoms with Crippen LogP contribution in [0.15, 0.2) is 0 Å². The lowest BCUT2D eigenvalue weighted by Gasteiger charge is -2.36. The highest BCUT2D eigenvalue weighted by atomic mass is 16.3. The van der Waals surface area contributed by atoms with E-state index < -0.39 is 0 Å². The standard InChI is InChI=1S/C17H34N2O/c1-3-10-18-17(14-20)9-5-6-16(17)8-12-19-11-7-15(4-2)13-19/h15-16,18,20H,3-14H2,1-2H3. The van der Waals surface area contributed by atoms with Crippen molar-refractivity contribution in [2.75, 3.05) is 32.8 Å². The lowest BCUT2D eigenvalue weighted by Crippen LogP contribution is -2.52. The van der Waals surface area contributed by atoms with Gasteiger partial charge in [-0.25, -0.2) is 0 Å². The summed E-state index contributed by atoms with van der Waals surface area (Å²) >= 11 is 0. The van der Waals surface area contributed by atoms with Crippen LogP contribution in [0.3, 0.4) is 0 Å². The first-order valence-corrected chi connectivity index (χ1v) is 8.82. The molecule has 3 unspecified atom stereocenters. The average Bonchev–Trinajstić information content (AvgIpc) is 3.10. The molecule has 1 aliphatic heterocycles. The molecular weight excluding hydrogens is 248 g/mol. The molecule has 2 fully saturated rings. The van der Waals surface area contributed by atoms with Gasteiger partial charge in [0.05, 0.1) is 6.61 Å². The zero-order valence-electron chi connectivity index (χ0n) is 13.5. The van der Waals surface area contributed by atoms with Crippen molar-refractivity contribution < 1.29 is 5.11 Å². The highest BCUT2D eigenvalue weighted by Gasteiger charge is 2.41. The fourth-order valence-corrected chi connectivity index (χ4v) is 4.22. The van der Waals surface area contributed by atoms with Gasteiger partial charge in [-0.1, -0.05) is 26.7 Å². The van der Waals surface area contributed by atoms with Gasteiger partial charge in [0.15, 0.2) is 0 Å². The van der Waals surface area contributed by atoms with Crippen LogP contribution in [0.1, 0.15) is 58.8 Å². The molecule has 0 bridgehead atoms. The topological polar surface area (TPSA) is 35.5 Å². The second-order valence-corrected chi connectivity index (χ2v) is 6.98. The van der Waals surface area contributed by atoms with Crippen molar-refractivity contribution in [3.8, 4) is 0 Å². The van der Waals surface area contributed by atoms with Crippen LogP contribution < -0.4 is 5.32 Å². The number of nitrogens with zero attached hydrogens (tertiary/aromatic N) is 1. The summed E-state index contributed by atoms with van der Waals surface area (Å²) < 4.78 is 0. The maximum absolute atomic E-state index is 9.91. The summed E-state index contributed by atoms with van der Waals surface area (Å²) in [5, 5.41) is 13.6. The van der Waals surface area contributed by atoms with Gasteiger partial charge in [0, 0.05) is 12.1 Å². The molecule has 0 aromatic carbocycles. The van der Waals surface area contributed by atoms with Crippen molar-refractivity contribution in [1.29, 1.82) is 0 Å². The summed E-state index contributed by atoms with van der Waals surface area (Å²) in [7, 11) is 0. The van der Waals surface area contributed by atoms with Gasteiger partial charge in [-0.3, -0.25) is 0 Å². The largest absolute Gasteiger partial charge is 0.394 e. The molecule has 1 heterocycles. The fraction of sp³-hybridized carbons (Fsp3) is 1.00. The third-order valence-corrected chi connectivity index (χ3v) is 5.71. The second kappa shape index (κ2) is 7.77. The van der Waals surface area contributed by atoms with Gasteiger partial charge in [0.1, 0.15) is 0 Å². The van der Waals surface area contributed by atoms with Crippen molar-refractivity contribution >= 4 is 0 Å². The Bertz CT molecular complexity index is 284. The van der Waals surface area contributed by atoms with Crippen LogP contribution in [-0.4, -0.2) is 48.3 Å². The number of aliphatic hydroxyl groups excluding tert-OH is 1. The fourth-order valence-electron chi connectivity index (χ4n) is 4.22. The molecule has 20 heavy (non-hydrogen) atoms. The van der Waals surface area contributed by atoms with E-state index >= 15 is 0 Å². The van der Waals surface area contributed by atoms with Crippen molar-refractivity contribution in [3.05, 3.63) is 0 Å². The van der Waals surface area contributed by atoms with E-state index in [9.17, 15) is 5.11 Å². The van der Waals surface area contributed by atoms with Crippen molar-refractivity contribution in [2.45, 2.75) is 64.3 Å². The summed E-state index contributed by atoms with van der Waals surface area (Å²) in [5.74, 6) is 1.60. The minimum Gasteiger partial charge on any atom is -0.394 e. The normalized spacial score (nSPS) is 35.0. The molecule has 1 saturated heterocycles. The van der Waals surface area contributed by atoms with Crippen molar-refractivity contribution in [3.63, 3.8) is 0 Å². The molecule has 2 N–H and O–H groups in total. The molecule has 0 amide bonds. The van der Waals surface area contributed by atoms with Crippen LogP contribution in [0.2, 0.25) is 0 Å². The molecule has 3 heteroatoms. The Morgan fingerprint density at radius 1 is 1.30 bits per heavy atom. The van der Waals surface area contributed by atoms with E-state index in [1.165, 1.54) is 51.7 Å². The number of likely N-dealkylation sites (tertiary alicyclic amines) is 1. The van der Waals surface area contributed by atoms with E-state index in [0.29, 0.717) is 12.5 Å². The number of hydrogen-bond donors (Lipinski definition) is 2. The Morgan fingerprint density at radius 3 is 2.80 bits per heavy atom. The summed E-state index contributed by atoms with van der Waals surface area (Å²) in [6.07, 6.45) is 8.86. The molecule has 0 aromatic heterocycles. The Hall–Kier alpha value is -0.120. The zero-order chi connectivity index (χ0) is 14.4. The van der Waals surface area contributed by atoms with Crippen LogP contribution in [0, 0.1) is 11.8 Å². The lowest BCUT2D eigenvalue weighted by atomic mass is 9.85. The maximum atomic E-state index is 9.91.